The van der Waals surface area contributed by atoms with Gasteiger partial charge in [0.2, 0.25) is 0 Å². The van der Waals surface area contributed by atoms with Gasteiger partial charge in [-0.1, -0.05) is 38.5 Å². The second-order valence-corrected chi connectivity index (χ2v) is 4.00. The second-order valence-electron chi connectivity index (χ2n) is 4.00. The summed E-state index contributed by atoms with van der Waals surface area (Å²) in [5.74, 6) is -0.124. The zero-order chi connectivity index (χ0) is 13.1. The molecule has 0 bridgehead atoms. The summed E-state index contributed by atoms with van der Waals surface area (Å²) in [4.78, 5) is 0. The quantitative estimate of drug-likeness (QED) is 0.881. The second kappa shape index (κ2) is 5.40. The van der Waals surface area contributed by atoms with Gasteiger partial charge in [0, 0.05) is 11.6 Å². The van der Waals surface area contributed by atoms with Gasteiger partial charge in [0.05, 0.1) is 0 Å². The van der Waals surface area contributed by atoms with Gasteiger partial charge in [-0.2, -0.15) is 0 Å². The van der Waals surface area contributed by atoms with Crippen molar-refractivity contribution in [2.45, 2.75) is 32.7 Å². The van der Waals surface area contributed by atoms with E-state index < -0.39 is 12.4 Å². The summed E-state index contributed by atoms with van der Waals surface area (Å²) in [6.07, 6.45) is -3.90. The standard InChI is InChI=1S/C12H16F3NO/c1-3-8(2)11(16)9-6-4-5-7-10(9)17-12(13,14)15/h4-8,11H,3,16H2,1-2H3/t8?,11-/m1/s1. The Labute approximate surface area is 98.6 Å². The van der Waals surface area contributed by atoms with Crippen molar-refractivity contribution in [2.75, 3.05) is 0 Å². The van der Waals surface area contributed by atoms with Gasteiger partial charge in [-0.25, -0.2) is 0 Å². The average Bonchev–Trinajstić information content (AvgIpc) is 2.25. The van der Waals surface area contributed by atoms with Gasteiger partial charge in [-0.3, -0.25) is 0 Å². The molecule has 1 unspecified atom stereocenters. The van der Waals surface area contributed by atoms with E-state index in [9.17, 15) is 13.2 Å². The minimum Gasteiger partial charge on any atom is -0.405 e. The molecule has 0 fully saturated rings. The smallest absolute Gasteiger partial charge is 0.405 e. The summed E-state index contributed by atoms with van der Waals surface area (Å²) in [5, 5.41) is 0. The Morgan fingerprint density at radius 1 is 1.29 bits per heavy atom. The van der Waals surface area contributed by atoms with E-state index in [0.717, 1.165) is 6.42 Å². The van der Waals surface area contributed by atoms with Crippen LogP contribution in [0.2, 0.25) is 0 Å². The molecule has 0 aromatic heterocycles. The third-order valence-corrected chi connectivity index (χ3v) is 2.76. The number of halogens is 3. The van der Waals surface area contributed by atoms with Gasteiger partial charge in [-0.05, 0) is 12.0 Å². The lowest BCUT2D eigenvalue weighted by molar-refractivity contribution is -0.275. The normalized spacial score (nSPS) is 15.4. The molecule has 0 aliphatic heterocycles. The Morgan fingerprint density at radius 3 is 2.41 bits per heavy atom. The van der Waals surface area contributed by atoms with Crippen molar-refractivity contribution < 1.29 is 17.9 Å². The molecule has 2 nitrogen and oxygen atoms in total. The minimum atomic E-state index is -4.69. The average molecular weight is 247 g/mol. The first-order chi connectivity index (χ1) is 7.85. The summed E-state index contributed by atoms with van der Waals surface area (Å²) in [6.45, 7) is 3.84. The third kappa shape index (κ3) is 3.93. The molecule has 0 spiro atoms. The molecule has 0 aliphatic carbocycles. The molecule has 0 amide bonds. The molecular formula is C12H16F3NO. The predicted octanol–water partition coefficient (Wildman–Crippen LogP) is 3.63. The van der Waals surface area contributed by atoms with Gasteiger partial charge in [0.15, 0.2) is 0 Å². The van der Waals surface area contributed by atoms with Crippen LogP contribution in [0.1, 0.15) is 31.9 Å². The van der Waals surface area contributed by atoms with Crippen molar-refractivity contribution in [3.8, 4) is 5.75 Å². The van der Waals surface area contributed by atoms with Crippen molar-refractivity contribution in [1.82, 2.24) is 0 Å². The fraction of sp³-hybridized carbons (Fsp3) is 0.500. The summed E-state index contributed by atoms with van der Waals surface area (Å²) in [6, 6.07) is 5.54. The molecule has 1 aromatic carbocycles. The fourth-order valence-corrected chi connectivity index (χ4v) is 1.53. The SMILES string of the molecule is CCC(C)[C@@H](N)c1ccccc1OC(F)(F)F. The molecule has 0 heterocycles. The van der Waals surface area contributed by atoms with Crippen molar-refractivity contribution in [2.24, 2.45) is 11.7 Å². The van der Waals surface area contributed by atoms with E-state index in [1.165, 1.54) is 12.1 Å². The topological polar surface area (TPSA) is 35.2 Å². The Kier molecular flexibility index (Phi) is 4.40. The lowest BCUT2D eigenvalue weighted by atomic mass is 9.93. The van der Waals surface area contributed by atoms with Crippen molar-refractivity contribution in [3.05, 3.63) is 29.8 Å². The van der Waals surface area contributed by atoms with Gasteiger partial charge < -0.3 is 10.5 Å². The number of alkyl halides is 3. The number of rotatable bonds is 4. The molecule has 2 N–H and O–H groups in total. The highest BCUT2D eigenvalue weighted by Gasteiger charge is 2.32. The first-order valence-electron chi connectivity index (χ1n) is 5.45. The maximum Gasteiger partial charge on any atom is 0.573 e. The summed E-state index contributed by atoms with van der Waals surface area (Å²) >= 11 is 0. The van der Waals surface area contributed by atoms with Crippen molar-refractivity contribution >= 4 is 0 Å². The van der Waals surface area contributed by atoms with Gasteiger partial charge in [-0.15, -0.1) is 13.2 Å². The van der Waals surface area contributed by atoms with Gasteiger partial charge >= 0.3 is 6.36 Å². The number of hydrogen-bond donors (Lipinski definition) is 1. The van der Waals surface area contributed by atoms with Crippen LogP contribution in [0.4, 0.5) is 13.2 Å². The van der Waals surface area contributed by atoms with Crippen LogP contribution in [0.3, 0.4) is 0 Å². The largest absolute Gasteiger partial charge is 0.573 e. The van der Waals surface area contributed by atoms with Crippen molar-refractivity contribution in [3.63, 3.8) is 0 Å². The van der Waals surface area contributed by atoms with Gasteiger partial charge in [0.25, 0.3) is 0 Å². The molecule has 96 valence electrons. The van der Waals surface area contributed by atoms with Crippen LogP contribution in [0.15, 0.2) is 24.3 Å². The number of nitrogens with two attached hydrogens (primary N) is 1. The molecule has 0 radical (unpaired) electrons. The van der Waals surface area contributed by atoms with Crippen LogP contribution in [0.5, 0.6) is 5.75 Å². The lowest BCUT2D eigenvalue weighted by Gasteiger charge is -2.22. The summed E-state index contributed by atoms with van der Waals surface area (Å²) in [5.41, 5.74) is 6.31. The summed E-state index contributed by atoms with van der Waals surface area (Å²) in [7, 11) is 0. The third-order valence-electron chi connectivity index (χ3n) is 2.76. The number of para-hydroxylation sites is 1. The molecule has 2 atom stereocenters. The number of hydrogen-bond acceptors (Lipinski definition) is 2. The van der Waals surface area contributed by atoms with E-state index in [-0.39, 0.29) is 11.7 Å². The van der Waals surface area contributed by atoms with E-state index in [4.69, 9.17) is 5.73 Å². The van der Waals surface area contributed by atoms with Crippen LogP contribution in [-0.2, 0) is 0 Å². The Hall–Kier alpha value is -1.23. The van der Waals surface area contributed by atoms with Crippen LogP contribution >= 0.6 is 0 Å². The van der Waals surface area contributed by atoms with Crippen LogP contribution in [-0.4, -0.2) is 6.36 Å². The van der Waals surface area contributed by atoms with E-state index in [1.807, 2.05) is 13.8 Å². The first-order valence-corrected chi connectivity index (χ1v) is 5.45. The molecule has 0 saturated heterocycles. The predicted molar refractivity (Wildman–Crippen MR) is 59.5 cm³/mol. The molecule has 0 aliphatic rings. The zero-order valence-electron chi connectivity index (χ0n) is 9.79. The lowest BCUT2D eigenvalue weighted by Crippen LogP contribution is -2.23. The molecule has 5 heteroatoms. The highest BCUT2D eigenvalue weighted by Crippen LogP contribution is 2.32. The van der Waals surface area contributed by atoms with E-state index in [2.05, 4.69) is 4.74 Å². The fourth-order valence-electron chi connectivity index (χ4n) is 1.53. The monoisotopic (exact) mass is 247 g/mol. The summed E-state index contributed by atoms with van der Waals surface area (Å²) < 4.78 is 40.6. The first kappa shape index (κ1) is 13.8. The number of ether oxygens (including phenoxy) is 1. The molecule has 1 aromatic rings. The van der Waals surface area contributed by atoms with E-state index in [0.29, 0.717) is 5.56 Å². The van der Waals surface area contributed by atoms with E-state index in [1.54, 1.807) is 12.1 Å². The Balaban J connectivity index is 2.99. The van der Waals surface area contributed by atoms with Crippen LogP contribution < -0.4 is 10.5 Å². The maximum atomic E-state index is 12.2. The van der Waals surface area contributed by atoms with E-state index >= 15 is 0 Å². The van der Waals surface area contributed by atoms with Crippen LogP contribution in [0, 0.1) is 5.92 Å². The molecule has 17 heavy (non-hydrogen) atoms. The minimum absolute atomic E-state index is 0.0907. The molecule has 0 saturated carbocycles. The van der Waals surface area contributed by atoms with Crippen molar-refractivity contribution in [1.29, 1.82) is 0 Å². The highest BCUT2D eigenvalue weighted by atomic mass is 19.4. The van der Waals surface area contributed by atoms with Gasteiger partial charge in [0.1, 0.15) is 5.75 Å². The Bertz CT molecular complexity index is 365. The molecular weight excluding hydrogens is 231 g/mol. The Morgan fingerprint density at radius 2 is 1.88 bits per heavy atom. The molecule has 1 rings (SSSR count). The number of benzene rings is 1. The zero-order valence-corrected chi connectivity index (χ0v) is 9.79. The maximum absolute atomic E-state index is 12.2. The van der Waals surface area contributed by atoms with Crippen LogP contribution in [0.25, 0.3) is 0 Å². The highest BCUT2D eigenvalue weighted by molar-refractivity contribution is 5.36.